The average molecular weight is 424 g/mol. The zero-order valence-electron chi connectivity index (χ0n) is 17.9. The van der Waals surface area contributed by atoms with Crippen LogP contribution in [0, 0.1) is 0 Å². The molecule has 1 amide bonds. The molecule has 164 valence electrons. The Labute approximate surface area is 182 Å². The van der Waals surface area contributed by atoms with E-state index in [2.05, 4.69) is 0 Å². The van der Waals surface area contributed by atoms with Crippen LogP contribution in [0.1, 0.15) is 38.0 Å². The summed E-state index contributed by atoms with van der Waals surface area (Å²) in [5.74, 6) is 2.52. The fourth-order valence-corrected chi connectivity index (χ4v) is 3.40. The molecule has 0 radical (unpaired) electrons. The number of benzene rings is 2. The highest BCUT2D eigenvalue weighted by atomic mass is 16.5. The molecule has 3 aromatic rings. The van der Waals surface area contributed by atoms with E-state index in [1.165, 1.54) is 0 Å². The number of hydrogen-bond acceptors (Lipinski definition) is 6. The van der Waals surface area contributed by atoms with Gasteiger partial charge in [0.05, 0.1) is 14.2 Å². The van der Waals surface area contributed by atoms with Gasteiger partial charge in [-0.3, -0.25) is 10.0 Å². The zero-order chi connectivity index (χ0) is 22.1. The van der Waals surface area contributed by atoms with Gasteiger partial charge in [0.15, 0.2) is 11.7 Å². The van der Waals surface area contributed by atoms with Gasteiger partial charge in [-0.1, -0.05) is 25.0 Å². The molecular formula is C24H28N2O5. The number of oxazole rings is 1. The van der Waals surface area contributed by atoms with Crippen LogP contribution in [0.5, 0.6) is 11.5 Å². The monoisotopic (exact) mass is 424 g/mol. The first-order chi connectivity index (χ1) is 15.2. The second-order valence-electron chi connectivity index (χ2n) is 7.16. The molecule has 0 aliphatic rings. The summed E-state index contributed by atoms with van der Waals surface area (Å²) < 4.78 is 17.0. The number of aromatic nitrogens is 1. The van der Waals surface area contributed by atoms with Crippen molar-refractivity contribution in [1.29, 1.82) is 0 Å². The number of nitrogens with one attached hydrogen (secondary N) is 1. The lowest BCUT2D eigenvalue weighted by Gasteiger charge is -2.07. The van der Waals surface area contributed by atoms with Gasteiger partial charge in [0.1, 0.15) is 17.2 Å². The zero-order valence-corrected chi connectivity index (χ0v) is 17.9. The standard InChI is InChI=1S/C24H28N2O5/c1-29-18-15-13-17(14-16-18)24-23(19-9-7-8-10-20(19)30-2)25-22(31-24)12-6-4-3-5-11-21(27)26-28/h7-10,13-16,28H,3-6,11-12H2,1-2H3,(H,26,27). The van der Waals surface area contributed by atoms with Crippen molar-refractivity contribution >= 4 is 5.91 Å². The number of para-hydroxylation sites is 1. The van der Waals surface area contributed by atoms with E-state index in [0.29, 0.717) is 24.5 Å². The Morgan fingerprint density at radius 3 is 2.45 bits per heavy atom. The van der Waals surface area contributed by atoms with Crippen molar-refractivity contribution in [2.45, 2.75) is 38.5 Å². The van der Waals surface area contributed by atoms with Crippen LogP contribution in [0.4, 0.5) is 0 Å². The van der Waals surface area contributed by atoms with E-state index in [-0.39, 0.29) is 5.91 Å². The number of hydroxylamine groups is 1. The van der Waals surface area contributed by atoms with Gasteiger partial charge in [0.2, 0.25) is 5.91 Å². The molecule has 0 aliphatic carbocycles. The lowest BCUT2D eigenvalue weighted by molar-refractivity contribution is -0.129. The van der Waals surface area contributed by atoms with E-state index in [1.807, 2.05) is 48.5 Å². The smallest absolute Gasteiger partial charge is 0.243 e. The number of unbranched alkanes of at least 4 members (excludes halogenated alkanes) is 3. The normalized spacial score (nSPS) is 10.7. The molecule has 0 aliphatic heterocycles. The second-order valence-corrected chi connectivity index (χ2v) is 7.16. The van der Waals surface area contributed by atoms with Crippen molar-refractivity contribution in [3.8, 4) is 34.1 Å². The molecule has 0 unspecified atom stereocenters. The van der Waals surface area contributed by atoms with Crippen molar-refractivity contribution in [1.82, 2.24) is 10.5 Å². The molecule has 0 saturated carbocycles. The quantitative estimate of drug-likeness (QED) is 0.255. The lowest BCUT2D eigenvalue weighted by Crippen LogP contribution is -2.17. The summed E-state index contributed by atoms with van der Waals surface area (Å²) in [6, 6.07) is 15.4. The number of carbonyl (C=O) groups excluding carboxylic acids is 1. The minimum absolute atomic E-state index is 0.328. The van der Waals surface area contributed by atoms with E-state index in [4.69, 9.17) is 24.1 Å². The minimum atomic E-state index is -0.349. The number of methoxy groups -OCH3 is 2. The summed E-state index contributed by atoms with van der Waals surface area (Å²) in [5, 5.41) is 8.53. The Kier molecular flexibility index (Phi) is 8.06. The van der Waals surface area contributed by atoms with Crippen molar-refractivity contribution in [3.63, 3.8) is 0 Å². The van der Waals surface area contributed by atoms with E-state index >= 15 is 0 Å². The van der Waals surface area contributed by atoms with E-state index < -0.39 is 0 Å². The van der Waals surface area contributed by atoms with Crippen LogP contribution in [-0.2, 0) is 11.2 Å². The molecule has 0 fully saturated rings. The van der Waals surface area contributed by atoms with Gasteiger partial charge in [-0.25, -0.2) is 10.5 Å². The van der Waals surface area contributed by atoms with E-state index in [1.54, 1.807) is 19.7 Å². The SMILES string of the molecule is COc1ccc(-c2oc(CCCCCCC(=O)NO)nc2-c2ccccc2OC)cc1. The van der Waals surface area contributed by atoms with Crippen LogP contribution in [-0.4, -0.2) is 30.3 Å². The number of aryl methyl sites for hydroxylation is 1. The Bertz CT molecular complexity index is 982. The van der Waals surface area contributed by atoms with E-state index in [0.717, 1.165) is 54.0 Å². The summed E-state index contributed by atoms with van der Waals surface area (Å²) in [5.41, 5.74) is 4.19. The third-order valence-electron chi connectivity index (χ3n) is 5.05. The van der Waals surface area contributed by atoms with Crippen LogP contribution in [0.2, 0.25) is 0 Å². The Morgan fingerprint density at radius 2 is 1.74 bits per heavy atom. The van der Waals surface area contributed by atoms with Crippen molar-refractivity contribution in [3.05, 3.63) is 54.4 Å². The van der Waals surface area contributed by atoms with E-state index in [9.17, 15) is 4.79 Å². The summed E-state index contributed by atoms with van der Waals surface area (Å²) in [7, 11) is 3.28. The third kappa shape index (κ3) is 5.86. The molecule has 1 heterocycles. The van der Waals surface area contributed by atoms with Gasteiger partial charge in [-0.2, -0.15) is 0 Å². The number of ether oxygens (including phenoxy) is 2. The summed E-state index contributed by atoms with van der Waals surface area (Å²) >= 11 is 0. The first-order valence-corrected chi connectivity index (χ1v) is 10.4. The maximum absolute atomic E-state index is 11.1. The first-order valence-electron chi connectivity index (χ1n) is 10.4. The number of carbonyl (C=O) groups is 1. The highest BCUT2D eigenvalue weighted by Crippen LogP contribution is 2.38. The Balaban J connectivity index is 1.78. The van der Waals surface area contributed by atoms with Crippen LogP contribution in [0.3, 0.4) is 0 Å². The molecule has 0 saturated heterocycles. The minimum Gasteiger partial charge on any atom is -0.497 e. The fraction of sp³-hybridized carbons (Fsp3) is 0.333. The van der Waals surface area contributed by atoms with Gasteiger partial charge >= 0.3 is 0 Å². The van der Waals surface area contributed by atoms with Crippen LogP contribution >= 0.6 is 0 Å². The second kappa shape index (κ2) is 11.2. The molecular weight excluding hydrogens is 396 g/mol. The van der Waals surface area contributed by atoms with Gasteiger partial charge in [0, 0.05) is 24.0 Å². The molecule has 2 aromatic carbocycles. The largest absolute Gasteiger partial charge is 0.497 e. The maximum atomic E-state index is 11.1. The molecule has 2 N–H and O–H groups in total. The first kappa shape index (κ1) is 22.4. The number of amides is 1. The summed E-state index contributed by atoms with van der Waals surface area (Å²) in [4.78, 5) is 15.9. The predicted molar refractivity (Wildman–Crippen MR) is 117 cm³/mol. The lowest BCUT2D eigenvalue weighted by atomic mass is 10.0. The third-order valence-corrected chi connectivity index (χ3v) is 5.05. The number of nitrogens with zero attached hydrogens (tertiary/aromatic N) is 1. The number of hydrogen-bond donors (Lipinski definition) is 2. The molecule has 31 heavy (non-hydrogen) atoms. The van der Waals surface area contributed by atoms with Gasteiger partial charge in [0.25, 0.3) is 0 Å². The maximum Gasteiger partial charge on any atom is 0.243 e. The Morgan fingerprint density at radius 1 is 1.00 bits per heavy atom. The molecule has 0 spiro atoms. The Hall–Kier alpha value is -3.32. The fourth-order valence-electron chi connectivity index (χ4n) is 3.40. The van der Waals surface area contributed by atoms with Gasteiger partial charge < -0.3 is 13.9 Å². The molecule has 0 bridgehead atoms. The molecule has 7 heteroatoms. The van der Waals surface area contributed by atoms with Crippen molar-refractivity contribution in [2.75, 3.05) is 14.2 Å². The molecule has 1 aromatic heterocycles. The van der Waals surface area contributed by atoms with Gasteiger partial charge in [-0.05, 0) is 49.2 Å². The number of rotatable bonds is 11. The van der Waals surface area contributed by atoms with Crippen LogP contribution in [0.15, 0.2) is 52.9 Å². The molecule has 0 atom stereocenters. The van der Waals surface area contributed by atoms with Gasteiger partial charge in [-0.15, -0.1) is 0 Å². The van der Waals surface area contributed by atoms with Crippen molar-refractivity contribution in [2.24, 2.45) is 0 Å². The van der Waals surface area contributed by atoms with Crippen LogP contribution in [0.25, 0.3) is 22.6 Å². The molecule has 7 nitrogen and oxygen atoms in total. The van der Waals surface area contributed by atoms with Crippen molar-refractivity contribution < 1.29 is 23.9 Å². The predicted octanol–water partition coefficient (Wildman–Crippen LogP) is 5.02. The summed E-state index contributed by atoms with van der Waals surface area (Å²) in [6.07, 6.45) is 4.51. The summed E-state index contributed by atoms with van der Waals surface area (Å²) in [6.45, 7) is 0. The topological polar surface area (TPSA) is 93.8 Å². The highest BCUT2D eigenvalue weighted by Gasteiger charge is 2.19. The highest BCUT2D eigenvalue weighted by molar-refractivity contribution is 5.80. The average Bonchev–Trinajstić information content (AvgIpc) is 3.25. The molecule has 3 rings (SSSR count). The van der Waals surface area contributed by atoms with Crippen LogP contribution < -0.4 is 15.0 Å².